The van der Waals surface area contributed by atoms with E-state index in [1.165, 1.54) is 6.33 Å². The Balaban J connectivity index is 1.90. The zero-order valence-electron chi connectivity index (χ0n) is 9.45. The Morgan fingerprint density at radius 1 is 1.47 bits per heavy atom. The van der Waals surface area contributed by atoms with Crippen molar-refractivity contribution < 1.29 is 5.11 Å². The summed E-state index contributed by atoms with van der Waals surface area (Å²) in [5.74, 6) is 1.13. The first-order chi connectivity index (χ1) is 8.16. The van der Waals surface area contributed by atoms with Gasteiger partial charge >= 0.3 is 0 Å². The lowest BCUT2D eigenvalue weighted by atomic mass is 9.87. The van der Waals surface area contributed by atoms with Crippen LogP contribution in [0, 0.1) is 5.92 Å². The lowest BCUT2D eigenvalue weighted by Crippen LogP contribution is -2.24. The number of aliphatic hydroxyl groups excluding tert-OH is 1. The number of hydrogen-bond donors (Lipinski definition) is 3. The van der Waals surface area contributed by atoms with E-state index in [1.807, 2.05) is 0 Å². The minimum atomic E-state index is -0.179. The van der Waals surface area contributed by atoms with Crippen LogP contribution in [0.15, 0.2) is 15.6 Å². The van der Waals surface area contributed by atoms with E-state index in [4.69, 9.17) is 0 Å². The number of aromatic nitrogens is 2. The van der Waals surface area contributed by atoms with Crippen molar-refractivity contribution in [3.8, 4) is 0 Å². The SMILES string of the molecule is O=c1[nH]cnc(NCC2CCC(O)CC2)c1Br. The van der Waals surface area contributed by atoms with Crippen LogP contribution in [0.5, 0.6) is 0 Å². The summed E-state index contributed by atoms with van der Waals surface area (Å²) in [5, 5.41) is 12.6. The van der Waals surface area contributed by atoms with Crippen LogP contribution in [0.2, 0.25) is 0 Å². The molecule has 5 nitrogen and oxygen atoms in total. The molecule has 0 bridgehead atoms. The molecule has 1 aromatic heterocycles. The van der Waals surface area contributed by atoms with Gasteiger partial charge in [-0.05, 0) is 47.5 Å². The molecule has 0 radical (unpaired) electrons. The third-order valence-electron chi connectivity index (χ3n) is 3.17. The van der Waals surface area contributed by atoms with Crippen LogP contribution in [0.25, 0.3) is 0 Å². The second-order valence-corrected chi connectivity index (χ2v) is 5.24. The van der Waals surface area contributed by atoms with Crippen molar-refractivity contribution in [2.75, 3.05) is 11.9 Å². The van der Waals surface area contributed by atoms with Crippen LogP contribution in [0.1, 0.15) is 25.7 Å². The first-order valence-electron chi connectivity index (χ1n) is 5.82. The van der Waals surface area contributed by atoms with Crippen LogP contribution in [-0.2, 0) is 0 Å². The molecule has 1 aliphatic rings. The van der Waals surface area contributed by atoms with Gasteiger partial charge in [0, 0.05) is 6.54 Å². The third kappa shape index (κ3) is 3.29. The van der Waals surface area contributed by atoms with Gasteiger partial charge in [-0.3, -0.25) is 4.79 Å². The highest BCUT2D eigenvalue weighted by atomic mass is 79.9. The summed E-state index contributed by atoms with van der Waals surface area (Å²) in [6, 6.07) is 0. The van der Waals surface area contributed by atoms with Crippen LogP contribution < -0.4 is 10.9 Å². The number of aromatic amines is 1. The van der Waals surface area contributed by atoms with E-state index in [0.29, 0.717) is 16.2 Å². The quantitative estimate of drug-likeness (QED) is 0.790. The van der Waals surface area contributed by atoms with Crippen LogP contribution in [0.4, 0.5) is 5.82 Å². The molecule has 1 aliphatic carbocycles. The van der Waals surface area contributed by atoms with Gasteiger partial charge in [-0.1, -0.05) is 0 Å². The lowest BCUT2D eigenvalue weighted by molar-refractivity contribution is 0.111. The van der Waals surface area contributed by atoms with Gasteiger partial charge in [0.05, 0.1) is 12.4 Å². The highest BCUT2D eigenvalue weighted by Gasteiger charge is 2.19. The minimum absolute atomic E-state index is 0.129. The first-order valence-corrected chi connectivity index (χ1v) is 6.61. The molecule has 1 saturated carbocycles. The average molecular weight is 302 g/mol. The normalized spacial score (nSPS) is 24.6. The minimum Gasteiger partial charge on any atom is -0.393 e. The predicted molar refractivity (Wildman–Crippen MR) is 69.0 cm³/mol. The van der Waals surface area contributed by atoms with Crippen LogP contribution in [-0.4, -0.2) is 27.7 Å². The number of rotatable bonds is 3. The number of anilines is 1. The summed E-state index contributed by atoms with van der Waals surface area (Å²) >= 11 is 3.21. The predicted octanol–water partition coefficient (Wildman–Crippen LogP) is 1.50. The monoisotopic (exact) mass is 301 g/mol. The first kappa shape index (κ1) is 12.6. The number of H-pyrrole nitrogens is 1. The second kappa shape index (κ2) is 5.64. The van der Waals surface area contributed by atoms with Crippen molar-refractivity contribution in [1.82, 2.24) is 9.97 Å². The molecule has 94 valence electrons. The van der Waals surface area contributed by atoms with E-state index >= 15 is 0 Å². The molecule has 3 N–H and O–H groups in total. The molecule has 6 heteroatoms. The summed E-state index contributed by atoms with van der Waals surface area (Å²) in [5.41, 5.74) is -0.179. The van der Waals surface area contributed by atoms with Crippen molar-refractivity contribution in [3.63, 3.8) is 0 Å². The molecule has 0 unspecified atom stereocenters. The smallest absolute Gasteiger partial charge is 0.267 e. The van der Waals surface area contributed by atoms with E-state index in [-0.39, 0.29) is 11.7 Å². The molecule has 1 heterocycles. The fourth-order valence-electron chi connectivity index (χ4n) is 2.10. The zero-order chi connectivity index (χ0) is 12.3. The Kier molecular flexibility index (Phi) is 4.17. The number of hydrogen-bond acceptors (Lipinski definition) is 4. The lowest BCUT2D eigenvalue weighted by Gasteiger charge is -2.25. The molecule has 0 amide bonds. The number of nitrogens with zero attached hydrogens (tertiary/aromatic N) is 1. The van der Waals surface area contributed by atoms with Gasteiger partial charge in [0.25, 0.3) is 5.56 Å². The highest BCUT2D eigenvalue weighted by molar-refractivity contribution is 9.10. The van der Waals surface area contributed by atoms with Crippen LogP contribution >= 0.6 is 15.9 Å². The largest absolute Gasteiger partial charge is 0.393 e. The van der Waals surface area contributed by atoms with Crippen molar-refractivity contribution in [2.24, 2.45) is 5.92 Å². The summed E-state index contributed by atoms with van der Waals surface area (Å²) in [4.78, 5) is 17.9. The highest BCUT2D eigenvalue weighted by Crippen LogP contribution is 2.24. The summed E-state index contributed by atoms with van der Waals surface area (Å²) in [6.07, 6.45) is 5.05. The van der Waals surface area contributed by atoms with E-state index in [2.05, 4.69) is 31.2 Å². The molecule has 2 rings (SSSR count). The van der Waals surface area contributed by atoms with Gasteiger partial charge in [0.2, 0.25) is 0 Å². The summed E-state index contributed by atoms with van der Waals surface area (Å²) < 4.78 is 0.441. The molecule has 17 heavy (non-hydrogen) atoms. The standard InChI is InChI=1S/C11H16BrN3O2/c12-9-10(14-6-15-11(9)17)13-5-7-1-3-8(16)4-2-7/h6-8,16H,1-5H2,(H2,13,14,15,17). The maximum absolute atomic E-state index is 11.3. The second-order valence-electron chi connectivity index (χ2n) is 4.45. The van der Waals surface area contributed by atoms with E-state index in [9.17, 15) is 9.90 Å². The van der Waals surface area contributed by atoms with Gasteiger partial charge in [-0.25, -0.2) is 4.98 Å². The third-order valence-corrected chi connectivity index (χ3v) is 3.91. The van der Waals surface area contributed by atoms with E-state index in [0.717, 1.165) is 32.2 Å². The molecule has 1 aromatic rings. The molecular weight excluding hydrogens is 286 g/mol. The topological polar surface area (TPSA) is 78.0 Å². The molecule has 0 aromatic carbocycles. The Morgan fingerprint density at radius 2 is 2.18 bits per heavy atom. The Morgan fingerprint density at radius 3 is 2.88 bits per heavy atom. The number of nitrogens with one attached hydrogen (secondary N) is 2. The Labute approximate surface area is 108 Å². The van der Waals surface area contributed by atoms with Gasteiger partial charge in [-0.2, -0.15) is 0 Å². The maximum Gasteiger partial charge on any atom is 0.267 e. The molecule has 1 fully saturated rings. The fraction of sp³-hybridized carbons (Fsp3) is 0.636. The fourth-order valence-corrected chi connectivity index (χ4v) is 2.45. The van der Waals surface area contributed by atoms with Gasteiger partial charge in [0.1, 0.15) is 10.3 Å². The van der Waals surface area contributed by atoms with E-state index in [1.54, 1.807) is 0 Å². The van der Waals surface area contributed by atoms with Crippen LogP contribution in [0.3, 0.4) is 0 Å². The Hall–Kier alpha value is -0.880. The van der Waals surface area contributed by atoms with Gasteiger partial charge in [-0.15, -0.1) is 0 Å². The van der Waals surface area contributed by atoms with Gasteiger partial charge < -0.3 is 15.4 Å². The molecule has 0 aliphatic heterocycles. The number of aliphatic hydroxyl groups is 1. The van der Waals surface area contributed by atoms with E-state index < -0.39 is 0 Å². The number of halogens is 1. The van der Waals surface area contributed by atoms with Crippen molar-refractivity contribution >= 4 is 21.7 Å². The zero-order valence-corrected chi connectivity index (χ0v) is 11.0. The summed E-state index contributed by atoms with van der Waals surface area (Å²) in [7, 11) is 0. The molecule has 0 saturated heterocycles. The molecule has 0 spiro atoms. The van der Waals surface area contributed by atoms with Gasteiger partial charge in [0.15, 0.2) is 0 Å². The average Bonchev–Trinajstić information content (AvgIpc) is 2.33. The maximum atomic E-state index is 11.3. The molecular formula is C11H16BrN3O2. The Bertz CT molecular complexity index is 427. The molecule has 0 atom stereocenters. The van der Waals surface area contributed by atoms with Crippen molar-refractivity contribution in [3.05, 3.63) is 21.2 Å². The van der Waals surface area contributed by atoms with Crippen molar-refractivity contribution in [2.45, 2.75) is 31.8 Å². The summed E-state index contributed by atoms with van der Waals surface area (Å²) in [6.45, 7) is 0.793. The van der Waals surface area contributed by atoms with Crippen molar-refractivity contribution in [1.29, 1.82) is 0 Å².